The van der Waals surface area contributed by atoms with Crippen molar-refractivity contribution in [3.8, 4) is 0 Å². The van der Waals surface area contributed by atoms with Gasteiger partial charge in [-0.3, -0.25) is 0 Å². The van der Waals surface area contributed by atoms with Gasteiger partial charge in [-0.25, -0.2) is 9.63 Å². The van der Waals surface area contributed by atoms with E-state index in [2.05, 4.69) is 9.99 Å². The van der Waals surface area contributed by atoms with Crippen molar-refractivity contribution in [1.82, 2.24) is 0 Å². The van der Waals surface area contributed by atoms with E-state index in [4.69, 9.17) is 0 Å². The smallest absolute Gasteiger partial charge is 0.358 e. The second-order valence-corrected chi connectivity index (χ2v) is 2.64. The van der Waals surface area contributed by atoms with Crippen LogP contribution in [0.4, 0.5) is 0 Å². The van der Waals surface area contributed by atoms with Crippen molar-refractivity contribution in [2.24, 2.45) is 5.16 Å². The number of hydrogen-bond donors (Lipinski definition) is 0. The highest BCUT2D eigenvalue weighted by molar-refractivity contribution is 5.89. The number of carbonyl (C=O) groups excluding carboxylic acids is 1. The van der Waals surface area contributed by atoms with Gasteiger partial charge in [0.25, 0.3) is 0 Å². The average molecular weight is 208 g/mol. The second kappa shape index (κ2) is 4.85. The standard InChI is InChI=1S/C9H8N2O4/c1-7(11(13)14)10-15-9(12)8-5-3-2-4-6-8/h2-6H,1H3. The average Bonchev–Trinajstić information content (AvgIpc) is 2.26. The Morgan fingerprint density at radius 2 is 2.00 bits per heavy atom. The first-order chi connectivity index (χ1) is 7.11. The van der Waals surface area contributed by atoms with E-state index in [0.29, 0.717) is 0 Å². The topological polar surface area (TPSA) is 81.8 Å². The van der Waals surface area contributed by atoms with Gasteiger partial charge in [0.05, 0.1) is 12.5 Å². The largest absolute Gasteiger partial charge is 0.393 e. The van der Waals surface area contributed by atoms with Crippen LogP contribution in [-0.2, 0) is 4.84 Å². The van der Waals surface area contributed by atoms with Gasteiger partial charge in [0.2, 0.25) is 0 Å². The van der Waals surface area contributed by atoms with Gasteiger partial charge in [-0.2, -0.15) is 0 Å². The van der Waals surface area contributed by atoms with Crippen LogP contribution < -0.4 is 0 Å². The molecule has 0 unspecified atom stereocenters. The van der Waals surface area contributed by atoms with Crippen LogP contribution >= 0.6 is 0 Å². The van der Waals surface area contributed by atoms with Gasteiger partial charge in [0.1, 0.15) is 0 Å². The number of oxime groups is 1. The maximum atomic E-state index is 11.2. The zero-order valence-corrected chi connectivity index (χ0v) is 7.91. The Morgan fingerprint density at radius 1 is 1.40 bits per heavy atom. The molecular formula is C9H8N2O4. The van der Waals surface area contributed by atoms with E-state index in [1.165, 1.54) is 12.1 Å². The Balaban J connectivity index is 2.66. The molecule has 6 nitrogen and oxygen atoms in total. The second-order valence-electron chi connectivity index (χ2n) is 2.64. The first-order valence-corrected chi connectivity index (χ1v) is 4.06. The molecule has 1 aromatic rings. The van der Waals surface area contributed by atoms with Crippen molar-refractivity contribution >= 4 is 11.8 Å². The predicted octanol–water partition coefficient (Wildman–Crippen LogP) is 1.45. The lowest BCUT2D eigenvalue weighted by Gasteiger charge is -1.93. The highest BCUT2D eigenvalue weighted by Gasteiger charge is 2.12. The molecule has 0 aromatic heterocycles. The summed E-state index contributed by atoms with van der Waals surface area (Å²) in [6.07, 6.45) is 0. The summed E-state index contributed by atoms with van der Waals surface area (Å²) in [6.45, 7) is 1.14. The first kappa shape index (κ1) is 10.8. The van der Waals surface area contributed by atoms with Crippen LogP contribution in [0.5, 0.6) is 0 Å². The van der Waals surface area contributed by atoms with Gasteiger partial charge in [-0.05, 0) is 17.1 Å². The fourth-order valence-corrected chi connectivity index (χ4v) is 0.768. The molecule has 1 aromatic carbocycles. The molecule has 0 saturated heterocycles. The summed E-state index contributed by atoms with van der Waals surface area (Å²) in [4.78, 5) is 25.0. The SMILES string of the molecule is CC(=NOC(=O)c1ccccc1)[N+](=O)[O-]. The van der Waals surface area contributed by atoms with Crippen LogP contribution in [0.3, 0.4) is 0 Å². The number of nitrogens with zero attached hydrogens (tertiary/aromatic N) is 2. The summed E-state index contributed by atoms with van der Waals surface area (Å²) in [7, 11) is 0. The number of carbonyl (C=O) groups is 1. The third kappa shape index (κ3) is 3.18. The maximum Gasteiger partial charge on any atom is 0.393 e. The molecule has 0 bridgehead atoms. The predicted molar refractivity (Wildman–Crippen MR) is 52.0 cm³/mol. The normalized spacial score (nSPS) is 10.9. The molecule has 0 heterocycles. The van der Waals surface area contributed by atoms with Crippen LogP contribution in [0, 0.1) is 10.1 Å². The molecule has 0 aliphatic rings. The van der Waals surface area contributed by atoms with Gasteiger partial charge >= 0.3 is 11.8 Å². The zero-order valence-electron chi connectivity index (χ0n) is 7.91. The molecule has 0 saturated carbocycles. The van der Waals surface area contributed by atoms with Gasteiger partial charge in [0, 0.05) is 0 Å². The molecular weight excluding hydrogens is 200 g/mol. The van der Waals surface area contributed by atoms with Crippen molar-refractivity contribution in [1.29, 1.82) is 0 Å². The summed E-state index contributed by atoms with van der Waals surface area (Å²) in [6, 6.07) is 8.10. The maximum absolute atomic E-state index is 11.2. The van der Waals surface area contributed by atoms with Crippen molar-refractivity contribution < 1.29 is 14.6 Å². The quantitative estimate of drug-likeness (QED) is 0.242. The van der Waals surface area contributed by atoms with E-state index < -0.39 is 16.7 Å². The van der Waals surface area contributed by atoms with Gasteiger partial charge in [-0.15, -0.1) is 0 Å². The molecule has 0 spiro atoms. The minimum absolute atomic E-state index is 0.289. The minimum Gasteiger partial charge on any atom is -0.358 e. The van der Waals surface area contributed by atoms with E-state index in [9.17, 15) is 14.9 Å². The van der Waals surface area contributed by atoms with Crippen molar-refractivity contribution in [3.63, 3.8) is 0 Å². The highest BCUT2D eigenvalue weighted by Crippen LogP contribution is 2.01. The molecule has 0 radical (unpaired) electrons. The van der Waals surface area contributed by atoms with Crippen molar-refractivity contribution in [2.45, 2.75) is 6.92 Å². The summed E-state index contributed by atoms with van der Waals surface area (Å²) < 4.78 is 0. The molecule has 0 fully saturated rings. The van der Waals surface area contributed by atoms with Gasteiger partial charge in [-0.1, -0.05) is 18.2 Å². The number of rotatable bonds is 2. The lowest BCUT2D eigenvalue weighted by molar-refractivity contribution is -0.353. The lowest BCUT2D eigenvalue weighted by Crippen LogP contribution is -2.09. The fourth-order valence-electron chi connectivity index (χ4n) is 0.768. The summed E-state index contributed by atoms with van der Waals surface area (Å²) in [5, 5.41) is 13.2. The monoisotopic (exact) mass is 208 g/mol. The van der Waals surface area contributed by atoms with Crippen molar-refractivity contribution in [2.75, 3.05) is 0 Å². The number of nitro groups is 1. The molecule has 0 amide bonds. The highest BCUT2D eigenvalue weighted by atomic mass is 16.7. The van der Waals surface area contributed by atoms with Crippen molar-refractivity contribution in [3.05, 3.63) is 46.0 Å². The van der Waals surface area contributed by atoms with Gasteiger partial charge < -0.3 is 10.1 Å². The summed E-state index contributed by atoms with van der Waals surface area (Å²) in [5.41, 5.74) is 0.289. The van der Waals surface area contributed by atoms with E-state index in [1.807, 2.05) is 0 Å². The fraction of sp³-hybridized carbons (Fsp3) is 0.111. The van der Waals surface area contributed by atoms with Crippen LogP contribution in [0.25, 0.3) is 0 Å². The lowest BCUT2D eigenvalue weighted by atomic mass is 10.2. The van der Waals surface area contributed by atoms with Crippen LogP contribution in [0.15, 0.2) is 35.5 Å². The molecule has 1 rings (SSSR count). The Bertz CT molecular complexity index is 400. The van der Waals surface area contributed by atoms with Crippen LogP contribution in [0.1, 0.15) is 17.3 Å². The Morgan fingerprint density at radius 3 is 2.53 bits per heavy atom. The molecule has 15 heavy (non-hydrogen) atoms. The zero-order chi connectivity index (χ0) is 11.3. The molecule has 0 N–H and O–H groups in total. The van der Waals surface area contributed by atoms with E-state index in [1.54, 1.807) is 18.2 Å². The Kier molecular flexibility index (Phi) is 3.50. The third-order valence-corrected chi connectivity index (χ3v) is 1.53. The molecule has 0 atom stereocenters. The van der Waals surface area contributed by atoms with Gasteiger partial charge in [0.15, 0.2) is 5.16 Å². The summed E-state index contributed by atoms with van der Waals surface area (Å²) in [5.74, 6) is -1.20. The number of hydrogen-bond acceptors (Lipinski definition) is 5. The first-order valence-electron chi connectivity index (χ1n) is 4.06. The summed E-state index contributed by atoms with van der Waals surface area (Å²) >= 11 is 0. The van der Waals surface area contributed by atoms with Crippen LogP contribution in [-0.4, -0.2) is 16.7 Å². The minimum atomic E-state index is -0.738. The molecule has 0 aliphatic heterocycles. The molecule has 78 valence electrons. The molecule has 6 heteroatoms. The Hall–Kier alpha value is -2.24. The van der Waals surface area contributed by atoms with E-state index >= 15 is 0 Å². The van der Waals surface area contributed by atoms with E-state index in [0.717, 1.165) is 6.92 Å². The van der Waals surface area contributed by atoms with E-state index in [-0.39, 0.29) is 5.56 Å². The third-order valence-electron chi connectivity index (χ3n) is 1.53. The number of amidine groups is 1. The number of benzene rings is 1. The van der Waals surface area contributed by atoms with Crippen LogP contribution in [0.2, 0.25) is 0 Å². The molecule has 0 aliphatic carbocycles. The Labute approximate surface area is 85.3 Å².